The molecule has 3 aromatic carbocycles. The Labute approximate surface area is 177 Å². The van der Waals surface area contributed by atoms with Crippen LogP contribution in [0.4, 0.5) is 11.5 Å². The molecule has 0 saturated carbocycles. The van der Waals surface area contributed by atoms with Gasteiger partial charge >= 0.3 is 0 Å². The molecule has 5 aromatic rings. The maximum absolute atomic E-state index is 6.24. The lowest BCUT2D eigenvalue weighted by atomic mass is 10.0. The van der Waals surface area contributed by atoms with Gasteiger partial charge in [0.15, 0.2) is 0 Å². The first-order valence-corrected chi connectivity index (χ1v) is 9.74. The van der Waals surface area contributed by atoms with Crippen molar-refractivity contribution in [2.45, 2.75) is 0 Å². The number of nitrogens with zero attached hydrogens (tertiary/aromatic N) is 5. The molecule has 0 fully saturated rings. The van der Waals surface area contributed by atoms with Gasteiger partial charge in [0.25, 0.3) is 5.78 Å². The number of hydrogen-bond donors (Lipinski definition) is 0. The van der Waals surface area contributed by atoms with Crippen LogP contribution in [0.2, 0.25) is 10.0 Å². The van der Waals surface area contributed by atoms with Crippen LogP contribution in [0.5, 0.6) is 0 Å². The molecule has 0 unspecified atom stereocenters. The van der Waals surface area contributed by atoms with Gasteiger partial charge in [-0.1, -0.05) is 47.5 Å². The van der Waals surface area contributed by atoms with Crippen molar-refractivity contribution in [2.24, 2.45) is 0 Å². The maximum Gasteiger partial charge on any atom is 0.257 e. The zero-order valence-corrected chi connectivity index (χ0v) is 16.9. The number of fused-ring (bicyclic) bond motifs is 3. The second-order valence-electron chi connectivity index (χ2n) is 6.71. The van der Waals surface area contributed by atoms with E-state index in [9.17, 15) is 0 Å². The fraction of sp³-hybridized carbons (Fsp3) is 0.0455. The van der Waals surface area contributed by atoms with Crippen molar-refractivity contribution in [2.75, 3.05) is 11.9 Å². The summed E-state index contributed by atoms with van der Waals surface area (Å²) in [6.45, 7) is 0. The van der Waals surface area contributed by atoms with E-state index in [2.05, 4.69) is 28.4 Å². The molecular weight excluding hydrogens is 405 g/mol. The largest absolute Gasteiger partial charge is 0.329 e. The second kappa shape index (κ2) is 7.03. The predicted octanol–water partition coefficient (Wildman–Crippen LogP) is 6.02. The van der Waals surface area contributed by atoms with E-state index in [1.54, 1.807) is 6.33 Å². The highest BCUT2D eigenvalue weighted by molar-refractivity contribution is 6.31. The topological polar surface area (TPSA) is 46.3 Å². The molecule has 0 radical (unpaired) electrons. The van der Waals surface area contributed by atoms with Crippen LogP contribution in [0.15, 0.2) is 73.1 Å². The quantitative estimate of drug-likeness (QED) is 0.358. The van der Waals surface area contributed by atoms with E-state index in [0.29, 0.717) is 10.8 Å². The van der Waals surface area contributed by atoms with E-state index in [0.717, 1.165) is 38.6 Å². The molecule has 2 heterocycles. The molecule has 142 valence electrons. The average molecular weight is 420 g/mol. The van der Waals surface area contributed by atoms with Crippen molar-refractivity contribution in [1.29, 1.82) is 0 Å². The number of rotatable bonds is 3. The third kappa shape index (κ3) is 3.18. The first-order chi connectivity index (χ1) is 14.1. The Morgan fingerprint density at radius 2 is 1.66 bits per heavy atom. The zero-order chi connectivity index (χ0) is 20.0. The van der Waals surface area contributed by atoms with Gasteiger partial charge in [-0.25, -0.2) is 0 Å². The second-order valence-corrected chi connectivity index (χ2v) is 7.59. The van der Waals surface area contributed by atoms with Gasteiger partial charge in [-0.15, -0.1) is 10.2 Å². The van der Waals surface area contributed by atoms with Crippen LogP contribution in [0, 0.1) is 0 Å². The van der Waals surface area contributed by atoms with E-state index in [1.165, 1.54) is 0 Å². The molecule has 0 spiro atoms. The van der Waals surface area contributed by atoms with E-state index >= 15 is 0 Å². The summed E-state index contributed by atoms with van der Waals surface area (Å²) in [6.07, 6.45) is 1.64. The lowest BCUT2D eigenvalue weighted by molar-refractivity contribution is 1.08. The lowest BCUT2D eigenvalue weighted by Crippen LogP contribution is -2.13. The smallest absolute Gasteiger partial charge is 0.257 e. The van der Waals surface area contributed by atoms with E-state index in [1.807, 2.05) is 64.9 Å². The van der Waals surface area contributed by atoms with Crippen LogP contribution in [-0.2, 0) is 0 Å². The molecule has 0 aliphatic rings. The molecular formula is C22H15Cl2N5. The highest BCUT2D eigenvalue weighted by atomic mass is 35.5. The third-order valence-corrected chi connectivity index (χ3v) is 5.41. The minimum Gasteiger partial charge on any atom is -0.329 e. The van der Waals surface area contributed by atoms with Crippen LogP contribution in [0.1, 0.15) is 0 Å². The van der Waals surface area contributed by atoms with Gasteiger partial charge in [-0.3, -0.25) is 4.40 Å². The van der Waals surface area contributed by atoms with Gasteiger partial charge in [-0.2, -0.15) is 4.98 Å². The van der Waals surface area contributed by atoms with E-state index in [4.69, 9.17) is 28.2 Å². The van der Waals surface area contributed by atoms with Crippen molar-refractivity contribution in [3.8, 4) is 11.1 Å². The number of hydrogen-bond acceptors (Lipinski definition) is 4. The molecule has 5 nitrogen and oxygen atoms in total. The van der Waals surface area contributed by atoms with Crippen LogP contribution in [-0.4, -0.2) is 26.6 Å². The summed E-state index contributed by atoms with van der Waals surface area (Å²) in [7, 11) is 1.99. The van der Waals surface area contributed by atoms with Gasteiger partial charge < -0.3 is 4.90 Å². The van der Waals surface area contributed by atoms with Crippen LogP contribution < -0.4 is 4.90 Å². The van der Waals surface area contributed by atoms with Gasteiger partial charge in [0, 0.05) is 28.2 Å². The molecule has 0 aliphatic carbocycles. The van der Waals surface area contributed by atoms with Crippen molar-refractivity contribution in [3.05, 3.63) is 83.1 Å². The molecule has 2 aromatic heterocycles. The number of aromatic nitrogens is 4. The third-order valence-electron chi connectivity index (χ3n) is 4.92. The summed E-state index contributed by atoms with van der Waals surface area (Å²) in [5, 5.41) is 10.5. The summed E-state index contributed by atoms with van der Waals surface area (Å²) in [5.41, 5.74) is 4.11. The number of benzene rings is 3. The SMILES string of the molecule is CN(c1cccc(-c2ccc(Cl)cc2)c1)c1nc2nncn2c2cc(Cl)ccc12. The Hall–Kier alpha value is -3.15. The minimum absolute atomic E-state index is 0.524. The van der Waals surface area contributed by atoms with E-state index < -0.39 is 0 Å². The van der Waals surface area contributed by atoms with Crippen molar-refractivity contribution >= 4 is 51.4 Å². The molecule has 0 N–H and O–H groups in total. The molecule has 0 bridgehead atoms. The predicted molar refractivity (Wildman–Crippen MR) is 118 cm³/mol. The Kier molecular flexibility index (Phi) is 4.34. The van der Waals surface area contributed by atoms with Gasteiger partial charge in [0.2, 0.25) is 0 Å². The highest BCUT2D eigenvalue weighted by Gasteiger charge is 2.15. The molecule has 7 heteroatoms. The molecule has 5 rings (SSSR count). The van der Waals surface area contributed by atoms with E-state index in [-0.39, 0.29) is 0 Å². The monoisotopic (exact) mass is 419 g/mol. The van der Waals surface area contributed by atoms with Crippen LogP contribution in [0.3, 0.4) is 0 Å². The summed E-state index contributed by atoms with van der Waals surface area (Å²) >= 11 is 12.3. The highest BCUT2D eigenvalue weighted by Crippen LogP contribution is 2.33. The molecule has 29 heavy (non-hydrogen) atoms. The fourth-order valence-corrected chi connectivity index (χ4v) is 3.73. The van der Waals surface area contributed by atoms with Crippen molar-refractivity contribution in [3.63, 3.8) is 0 Å². The van der Waals surface area contributed by atoms with Gasteiger partial charge in [-0.05, 0) is 53.6 Å². The Morgan fingerprint density at radius 1 is 0.862 bits per heavy atom. The molecule has 0 aliphatic heterocycles. The summed E-state index contributed by atoms with van der Waals surface area (Å²) in [6, 6.07) is 21.8. The Bertz CT molecular complexity index is 1340. The average Bonchev–Trinajstić information content (AvgIpc) is 3.22. The molecule has 0 atom stereocenters. The summed E-state index contributed by atoms with van der Waals surface area (Å²) in [5.74, 6) is 1.31. The fourth-order valence-electron chi connectivity index (χ4n) is 3.44. The number of anilines is 2. The van der Waals surface area contributed by atoms with Crippen LogP contribution >= 0.6 is 23.2 Å². The first kappa shape index (κ1) is 17.9. The number of halogens is 2. The zero-order valence-electron chi connectivity index (χ0n) is 15.4. The Balaban J connectivity index is 1.65. The first-order valence-electron chi connectivity index (χ1n) is 8.99. The summed E-state index contributed by atoms with van der Waals surface area (Å²) in [4.78, 5) is 6.78. The van der Waals surface area contributed by atoms with Gasteiger partial charge in [0.1, 0.15) is 12.1 Å². The Morgan fingerprint density at radius 3 is 2.48 bits per heavy atom. The van der Waals surface area contributed by atoms with Gasteiger partial charge in [0.05, 0.1) is 5.52 Å². The minimum atomic E-state index is 0.524. The summed E-state index contributed by atoms with van der Waals surface area (Å²) < 4.78 is 1.84. The standard InChI is InChI=1S/C22H15Cl2N5/c1-28(18-4-2-3-15(11-18)14-5-7-16(23)8-6-14)21-19-10-9-17(24)12-20(19)29-13-25-27-22(29)26-21/h2-13H,1H3. The normalized spacial score (nSPS) is 11.3. The molecule has 0 saturated heterocycles. The lowest BCUT2D eigenvalue weighted by Gasteiger charge is -2.21. The van der Waals surface area contributed by atoms with Crippen molar-refractivity contribution in [1.82, 2.24) is 19.6 Å². The van der Waals surface area contributed by atoms with Crippen LogP contribution in [0.25, 0.3) is 27.8 Å². The maximum atomic E-state index is 6.24. The van der Waals surface area contributed by atoms with Crippen molar-refractivity contribution < 1.29 is 0 Å². The molecule has 0 amide bonds.